The van der Waals surface area contributed by atoms with E-state index in [0.717, 1.165) is 6.07 Å². The molecule has 6 nitrogen and oxygen atoms in total. The van der Waals surface area contributed by atoms with Gasteiger partial charge < -0.3 is 9.84 Å². The summed E-state index contributed by atoms with van der Waals surface area (Å²) in [5.41, 5.74) is 0.0638. The molecule has 0 aliphatic carbocycles. The molecular formula is C9H9NO5. The molecule has 0 amide bonds. The van der Waals surface area contributed by atoms with E-state index in [9.17, 15) is 14.9 Å². The summed E-state index contributed by atoms with van der Waals surface area (Å²) in [6, 6.07) is 3.66. The van der Waals surface area contributed by atoms with Crippen LogP contribution in [0.25, 0.3) is 0 Å². The van der Waals surface area contributed by atoms with Gasteiger partial charge in [0, 0.05) is 19.2 Å². The van der Waals surface area contributed by atoms with E-state index in [1.807, 2.05) is 0 Å². The number of benzene rings is 1. The Labute approximate surface area is 85.2 Å². The fourth-order valence-corrected chi connectivity index (χ4v) is 1.16. The lowest BCUT2D eigenvalue weighted by Gasteiger charge is -2.04. The number of nitrogens with zero attached hydrogens (tertiary/aromatic N) is 1. The molecule has 6 heteroatoms. The Morgan fingerprint density at radius 3 is 2.73 bits per heavy atom. The molecule has 0 aliphatic heterocycles. The average Bonchev–Trinajstić information content (AvgIpc) is 2.18. The minimum absolute atomic E-state index is 0.106. The third-order valence-corrected chi connectivity index (χ3v) is 1.83. The van der Waals surface area contributed by atoms with Crippen molar-refractivity contribution >= 4 is 11.7 Å². The zero-order chi connectivity index (χ0) is 11.4. The van der Waals surface area contributed by atoms with Crippen LogP contribution in [0.3, 0.4) is 0 Å². The first-order valence-corrected chi connectivity index (χ1v) is 4.05. The fraction of sp³-hybridized carbons (Fsp3) is 0.222. The van der Waals surface area contributed by atoms with Gasteiger partial charge in [-0.25, -0.2) is 4.79 Å². The highest BCUT2D eigenvalue weighted by Crippen LogP contribution is 2.18. The van der Waals surface area contributed by atoms with Gasteiger partial charge in [-0.1, -0.05) is 0 Å². The Kier molecular flexibility index (Phi) is 3.35. The second-order valence-corrected chi connectivity index (χ2v) is 2.84. The summed E-state index contributed by atoms with van der Waals surface area (Å²) in [6.45, 7) is 0.111. The number of nitro benzene ring substituents is 1. The Morgan fingerprint density at radius 2 is 2.27 bits per heavy atom. The number of rotatable bonds is 4. The predicted octanol–water partition coefficient (Wildman–Crippen LogP) is 1.44. The molecule has 1 N–H and O–H groups in total. The number of hydrogen-bond donors (Lipinski definition) is 1. The Hall–Kier alpha value is -1.95. The Balaban J connectivity index is 3.20. The lowest BCUT2D eigenvalue weighted by atomic mass is 10.1. The molecule has 0 saturated carbocycles. The van der Waals surface area contributed by atoms with Gasteiger partial charge in [-0.15, -0.1) is 0 Å². The number of carboxylic acids is 1. The van der Waals surface area contributed by atoms with Crippen LogP contribution < -0.4 is 0 Å². The van der Waals surface area contributed by atoms with Crippen molar-refractivity contribution in [1.29, 1.82) is 0 Å². The zero-order valence-electron chi connectivity index (χ0n) is 7.97. The highest BCUT2D eigenvalue weighted by atomic mass is 16.6. The van der Waals surface area contributed by atoms with E-state index in [1.54, 1.807) is 0 Å². The second kappa shape index (κ2) is 4.52. The fourth-order valence-electron chi connectivity index (χ4n) is 1.16. The molecule has 0 heterocycles. The first kappa shape index (κ1) is 11.1. The molecule has 0 aromatic heterocycles. The normalized spacial score (nSPS) is 9.93. The van der Waals surface area contributed by atoms with E-state index >= 15 is 0 Å². The summed E-state index contributed by atoms with van der Waals surface area (Å²) in [6.07, 6.45) is 0. The topological polar surface area (TPSA) is 89.7 Å². The van der Waals surface area contributed by atoms with Gasteiger partial charge in [0.15, 0.2) is 0 Å². The van der Waals surface area contributed by atoms with E-state index in [1.165, 1.54) is 19.2 Å². The molecule has 1 aromatic carbocycles. The molecule has 0 bridgehead atoms. The Morgan fingerprint density at radius 1 is 1.60 bits per heavy atom. The molecule has 1 rings (SSSR count). The maximum absolute atomic E-state index is 10.8. The zero-order valence-corrected chi connectivity index (χ0v) is 7.97. The molecule has 1 aromatic rings. The first-order valence-electron chi connectivity index (χ1n) is 4.05. The Bertz CT molecular complexity index is 401. The van der Waals surface area contributed by atoms with Gasteiger partial charge in [-0.2, -0.15) is 0 Å². The molecule has 15 heavy (non-hydrogen) atoms. The van der Waals surface area contributed by atoms with Crippen molar-refractivity contribution in [2.75, 3.05) is 7.11 Å². The lowest BCUT2D eigenvalue weighted by Crippen LogP contribution is -2.04. The van der Waals surface area contributed by atoms with Crippen molar-refractivity contribution in [2.45, 2.75) is 6.61 Å². The second-order valence-electron chi connectivity index (χ2n) is 2.84. The first-order chi connectivity index (χ1) is 7.06. The number of carboxylic acid groups (broad SMARTS) is 1. The highest BCUT2D eigenvalue weighted by Gasteiger charge is 2.15. The molecular weight excluding hydrogens is 202 g/mol. The summed E-state index contributed by atoms with van der Waals surface area (Å²) >= 11 is 0. The maximum Gasteiger partial charge on any atom is 0.336 e. The van der Waals surface area contributed by atoms with Gasteiger partial charge >= 0.3 is 5.97 Å². The summed E-state index contributed by atoms with van der Waals surface area (Å²) in [5.74, 6) is -1.20. The molecule has 0 unspecified atom stereocenters. The number of ether oxygens (including phenoxy) is 1. The van der Waals surface area contributed by atoms with Gasteiger partial charge in [0.05, 0.1) is 17.1 Å². The van der Waals surface area contributed by atoms with Crippen molar-refractivity contribution in [1.82, 2.24) is 0 Å². The SMILES string of the molecule is COCc1ccc([N+](=O)[O-])cc1C(=O)O. The number of nitro groups is 1. The van der Waals surface area contributed by atoms with Crippen LogP contribution in [0.5, 0.6) is 0 Å². The van der Waals surface area contributed by atoms with Crippen LogP contribution in [0.1, 0.15) is 15.9 Å². The van der Waals surface area contributed by atoms with E-state index < -0.39 is 10.9 Å². The van der Waals surface area contributed by atoms with Crippen LogP contribution in [0.4, 0.5) is 5.69 Å². The maximum atomic E-state index is 10.8. The van der Waals surface area contributed by atoms with Gasteiger partial charge in [-0.05, 0) is 11.6 Å². The van der Waals surface area contributed by atoms with Crippen molar-refractivity contribution < 1.29 is 19.6 Å². The van der Waals surface area contributed by atoms with Crippen LogP contribution in [-0.2, 0) is 11.3 Å². The molecule has 0 radical (unpaired) electrons. The lowest BCUT2D eigenvalue weighted by molar-refractivity contribution is -0.384. The van der Waals surface area contributed by atoms with Crippen LogP contribution in [-0.4, -0.2) is 23.1 Å². The molecule has 80 valence electrons. The highest BCUT2D eigenvalue weighted by molar-refractivity contribution is 5.90. The summed E-state index contributed by atoms with van der Waals surface area (Å²) in [4.78, 5) is 20.6. The number of non-ortho nitro benzene ring substituents is 1. The molecule has 0 fully saturated rings. The van der Waals surface area contributed by atoms with Crippen LogP contribution in [0.15, 0.2) is 18.2 Å². The van der Waals surface area contributed by atoms with Crippen molar-refractivity contribution in [2.24, 2.45) is 0 Å². The molecule has 0 spiro atoms. The summed E-state index contributed by atoms with van der Waals surface area (Å²) in [5, 5.41) is 19.2. The standard InChI is InChI=1S/C9H9NO5/c1-15-5-6-2-3-7(10(13)14)4-8(6)9(11)12/h2-4H,5H2,1H3,(H,11,12). The van der Waals surface area contributed by atoms with Crippen LogP contribution in [0.2, 0.25) is 0 Å². The largest absolute Gasteiger partial charge is 0.478 e. The van der Waals surface area contributed by atoms with Crippen LogP contribution >= 0.6 is 0 Å². The van der Waals surface area contributed by atoms with Crippen molar-refractivity contribution in [3.63, 3.8) is 0 Å². The van der Waals surface area contributed by atoms with Gasteiger partial charge in [-0.3, -0.25) is 10.1 Å². The van der Waals surface area contributed by atoms with Crippen molar-refractivity contribution in [3.8, 4) is 0 Å². The quantitative estimate of drug-likeness (QED) is 0.601. The van der Waals surface area contributed by atoms with E-state index in [-0.39, 0.29) is 17.9 Å². The summed E-state index contributed by atoms with van der Waals surface area (Å²) < 4.78 is 4.79. The smallest absolute Gasteiger partial charge is 0.336 e. The third-order valence-electron chi connectivity index (χ3n) is 1.83. The van der Waals surface area contributed by atoms with Gasteiger partial charge in [0.25, 0.3) is 5.69 Å². The molecule has 0 aliphatic rings. The average molecular weight is 211 g/mol. The number of methoxy groups -OCH3 is 1. The molecule has 0 atom stereocenters. The van der Waals surface area contributed by atoms with Crippen molar-refractivity contribution in [3.05, 3.63) is 39.4 Å². The van der Waals surface area contributed by atoms with E-state index in [2.05, 4.69) is 0 Å². The minimum Gasteiger partial charge on any atom is -0.478 e. The van der Waals surface area contributed by atoms with E-state index in [0.29, 0.717) is 5.56 Å². The number of carbonyl (C=O) groups is 1. The number of hydrogen-bond acceptors (Lipinski definition) is 4. The van der Waals surface area contributed by atoms with E-state index in [4.69, 9.17) is 9.84 Å². The van der Waals surface area contributed by atoms with Gasteiger partial charge in [0.2, 0.25) is 0 Å². The monoisotopic (exact) mass is 211 g/mol. The van der Waals surface area contributed by atoms with Gasteiger partial charge in [0.1, 0.15) is 0 Å². The predicted molar refractivity (Wildman–Crippen MR) is 50.8 cm³/mol. The molecule has 0 saturated heterocycles. The third kappa shape index (κ3) is 2.50. The summed E-state index contributed by atoms with van der Waals surface area (Å²) in [7, 11) is 1.42. The minimum atomic E-state index is -1.20. The van der Waals surface area contributed by atoms with Crippen LogP contribution in [0, 0.1) is 10.1 Å². The number of aromatic carboxylic acids is 1.